The molecule has 2 aliphatic rings. The second kappa shape index (κ2) is 4.17. The van der Waals surface area contributed by atoms with Crippen LogP contribution in [0.2, 0.25) is 0 Å². The number of amidine groups is 1. The highest BCUT2D eigenvalue weighted by Crippen LogP contribution is 2.40. The molecular formula is C11H10F2N2O2S2. The van der Waals surface area contributed by atoms with Gasteiger partial charge in [0, 0.05) is 11.3 Å². The summed E-state index contributed by atoms with van der Waals surface area (Å²) >= 11 is 1.12. The van der Waals surface area contributed by atoms with Crippen molar-refractivity contribution in [3.05, 3.63) is 29.8 Å². The van der Waals surface area contributed by atoms with E-state index < -0.39 is 27.5 Å². The van der Waals surface area contributed by atoms with Crippen LogP contribution in [0.3, 0.4) is 0 Å². The molecule has 0 radical (unpaired) electrons. The van der Waals surface area contributed by atoms with Crippen molar-refractivity contribution in [2.24, 2.45) is 0 Å². The Balaban J connectivity index is 2.02. The van der Waals surface area contributed by atoms with Crippen LogP contribution in [0.25, 0.3) is 0 Å². The monoisotopic (exact) mass is 304 g/mol. The highest BCUT2D eigenvalue weighted by molar-refractivity contribution is 8.15. The minimum absolute atomic E-state index is 0.00400. The molecule has 2 heterocycles. The van der Waals surface area contributed by atoms with Gasteiger partial charge in [0.05, 0.1) is 23.2 Å². The lowest BCUT2D eigenvalue weighted by molar-refractivity contribution is 0.579. The normalized spacial score (nSPS) is 28.7. The second-order valence-electron chi connectivity index (χ2n) is 4.57. The number of hydrogen-bond donors (Lipinski definition) is 1. The summed E-state index contributed by atoms with van der Waals surface area (Å²) < 4.78 is 49.9. The topological polar surface area (TPSA) is 61.2 Å². The molecule has 3 rings (SSSR count). The average molecular weight is 304 g/mol. The maximum atomic E-state index is 13.8. The number of benzene rings is 1. The van der Waals surface area contributed by atoms with Crippen LogP contribution in [0.4, 0.5) is 14.5 Å². The number of hydrogen-bond acceptors (Lipinski definition) is 4. The van der Waals surface area contributed by atoms with Gasteiger partial charge in [-0.05, 0) is 12.1 Å². The first-order valence-electron chi connectivity index (χ1n) is 5.57. The molecule has 0 aliphatic carbocycles. The number of nitrogens with zero attached hydrogens (tertiary/aromatic N) is 1. The molecule has 4 nitrogen and oxygen atoms in total. The standard InChI is InChI=1S/C11H10F2N2O2S2/c12-6-1-2-8(7(13)3-6)15-9-4-19(16,17)5-10(9)18-11(15)14/h1-3,9-10,14H,4-5H2/t9-,10+/m0/s1. The molecule has 2 fully saturated rings. The molecule has 1 N–H and O–H groups in total. The van der Waals surface area contributed by atoms with E-state index in [1.54, 1.807) is 0 Å². The summed E-state index contributed by atoms with van der Waals surface area (Å²) in [4.78, 5) is 1.36. The summed E-state index contributed by atoms with van der Waals surface area (Å²) in [6.07, 6.45) is 0. The minimum Gasteiger partial charge on any atom is -0.313 e. The molecule has 0 aromatic heterocycles. The Labute approximate surface area is 113 Å². The maximum absolute atomic E-state index is 13.8. The quantitative estimate of drug-likeness (QED) is 0.856. The van der Waals surface area contributed by atoms with Crippen molar-refractivity contribution < 1.29 is 17.2 Å². The Hall–Kier alpha value is -1.15. The summed E-state index contributed by atoms with van der Waals surface area (Å²) in [5.74, 6) is -1.57. The van der Waals surface area contributed by atoms with Crippen LogP contribution in [0.15, 0.2) is 18.2 Å². The minimum atomic E-state index is -3.15. The first kappa shape index (κ1) is 12.9. The van der Waals surface area contributed by atoms with Crippen LogP contribution in [-0.2, 0) is 9.84 Å². The number of nitrogens with one attached hydrogen (secondary N) is 1. The fourth-order valence-electron chi connectivity index (χ4n) is 2.47. The first-order chi connectivity index (χ1) is 8.87. The maximum Gasteiger partial charge on any atom is 0.161 e. The van der Waals surface area contributed by atoms with Crippen LogP contribution in [0.5, 0.6) is 0 Å². The molecule has 0 amide bonds. The van der Waals surface area contributed by atoms with E-state index in [0.29, 0.717) is 0 Å². The van der Waals surface area contributed by atoms with Crippen molar-refractivity contribution in [2.75, 3.05) is 16.4 Å². The molecule has 0 saturated carbocycles. The molecule has 0 unspecified atom stereocenters. The van der Waals surface area contributed by atoms with Crippen LogP contribution < -0.4 is 4.90 Å². The highest BCUT2D eigenvalue weighted by atomic mass is 32.2. The van der Waals surface area contributed by atoms with Crippen LogP contribution in [0.1, 0.15) is 0 Å². The van der Waals surface area contributed by atoms with E-state index in [2.05, 4.69) is 0 Å². The van der Waals surface area contributed by atoms with Gasteiger partial charge in [0.15, 0.2) is 15.0 Å². The molecule has 0 bridgehead atoms. The predicted octanol–water partition coefficient (Wildman–Crippen LogP) is 1.62. The van der Waals surface area contributed by atoms with Crippen molar-refractivity contribution >= 4 is 32.5 Å². The van der Waals surface area contributed by atoms with Crippen molar-refractivity contribution in [1.82, 2.24) is 0 Å². The Morgan fingerprint density at radius 3 is 2.74 bits per heavy atom. The summed E-state index contributed by atoms with van der Waals surface area (Å²) in [5, 5.41) is 7.71. The molecule has 2 aliphatic heterocycles. The Morgan fingerprint density at radius 2 is 2.05 bits per heavy atom. The fourth-order valence-corrected chi connectivity index (χ4v) is 6.25. The summed E-state index contributed by atoms with van der Waals surface area (Å²) in [5.41, 5.74) is 0.0588. The van der Waals surface area contributed by atoms with Crippen LogP contribution >= 0.6 is 11.8 Å². The Morgan fingerprint density at radius 1 is 1.32 bits per heavy atom. The van der Waals surface area contributed by atoms with E-state index in [1.807, 2.05) is 0 Å². The van der Waals surface area contributed by atoms with Crippen molar-refractivity contribution in [3.8, 4) is 0 Å². The summed E-state index contributed by atoms with van der Waals surface area (Å²) in [7, 11) is -3.15. The number of thioether (sulfide) groups is 1. The molecule has 102 valence electrons. The van der Waals surface area contributed by atoms with Gasteiger partial charge in [-0.1, -0.05) is 11.8 Å². The van der Waals surface area contributed by atoms with Gasteiger partial charge in [-0.3, -0.25) is 5.41 Å². The van der Waals surface area contributed by atoms with Crippen LogP contribution in [0, 0.1) is 17.0 Å². The summed E-state index contributed by atoms with van der Waals surface area (Å²) in [6, 6.07) is 2.65. The third kappa shape index (κ3) is 2.12. The van der Waals surface area contributed by atoms with Crippen LogP contribution in [-0.4, -0.2) is 36.4 Å². The number of fused-ring (bicyclic) bond motifs is 1. The fraction of sp³-hybridized carbons (Fsp3) is 0.364. The van der Waals surface area contributed by atoms with E-state index in [0.717, 1.165) is 23.9 Å². The zero-order valence-corrected chi connectivity index (χ0v) is 11.3. The lowest BCUT2D eigenvalue weighted by Crippen LogP contribution is -2.37. The summed E-state index contributed by atoms with van der Waals surface area (Å²) in [6.45, 7) is 0. The van der Waals surface area contributed by atoms with Crippen molar-refractivity contribution in [3.63, 3.8) is 0 Å². The van der Waals surface area contributed by atoms with Gasteiger partial charge >= 0.3 is 0 Å². The third-order valence-corrected chi connectivity index (χ3v) is 6.39. The molecule has 1 aromatic rings. The molecule has 2 atom stereocenters. The predicted molar refractivity (Wildman–Crippen MR) is 70.4 cm³/mol. The van der Waals surface area contributed by atoms with E-state index in [4.69, 9.17) is 5.41 Å². The lowest BCUT2D eigenvalue weighted by Gasteiger charge is -2.24. The zero-order chi connectivity index (χ0) is 13.8. The van der Waals surface area contributed by atoms with E-state index in [9.17, 15) is 17.2 Å². The molecular weight excluding hydrogens is 294 g/mol. The van der Waals surface area contributed by atoms with E-state index >= 15 is 0 Å². The zero-order valence-electron chi connectivity index (χ0n) is 9.64. The smallest absolute Gasteiger partial charge is 0.161 e. The number of halogens is 2. The first-order valence-corrected chi connectivity index (χ1v) is 8.27. The molecule has 0 spiro atoms. The molecule has 19 heavy (non-hydrogen) atoms. The van der Waals surface area contributed by atoms with Crippen molar-refractivity contribution in [2.45, 2.75) is 11.3 Å². The Kier molecular flexibility index (Phi) is 2.82. The molecule has 2 saturated heterocycles. The lowest BCUT2D eigenvalue weighted by atomic mass is 10.2. The second-order valence-corrected chi connectivity index (χ2v) is 7.95. The molecule has 8 heteroatoms. The molecule has 1 aromatic carbocycles. The van der Waals surface area contributed by atoms with Gasteiger partial charge in [0.2, 0.25) is 0 Å². The van der Waals surface area contributed by atoms with E-state index in [1.165, 1.54) is 11.0 Å². The number of anilines is 1. The van der Waals surface area contributed by atoms with Crippen molar-refractivity contribution in [1.29, 1.82) is 5.41 Å². The Bertz CT molecular complexity index is 663. The van der Waals surface area contributed by atoms with Gasteiger partial charge in [-0.15, -0.1) is 0 Å². The van der Waals surface area contributed by atoms with Gasteiger partial charge in [0.1, 0.15) is 11.6 Å². The highest BCUT2D eigenvalue weighted by Gasteiger charge is 2.49. The number of rotatable bonds is 1. The third-order valence-electron chi connectivity index (χ3n) is 3.25. The van der Waals surface area contributed by atoms with Gasteiger partial charge in [-0.2, -0.15) is 0 Å². The van der Waals surface area contributed by atoms with Gasteiger partial charge in [0.25, 0.3) is 0 Å². The largest absolute Gasteiger partial charge is 0.313 e. The van der Waals surface area contributed by atoms with E-state index in [-0.39, 0.29) is 27.6 Å². The average Bonchev–Trinajstić information content (AvgIpc) is 2.70. The SMILES string of the molecule is N=C1S[C@@H]2CS(=O)(=O)C[C@@H]2N1c1ccc(F)cc1F. The van der Waals surface area contributed by atoms with Gasteiger partial charge in [-0.25, -0.2) is 17.2 Å². The van der Waals surface area contributed by atoms with Gasteiger partial charge < -0.3 is 4.90 Å². The number of sulfone groups is 1.